The second kappa shape index (κ2) is 12.9. The number of thioether (sulfide) groups is 1. The molecule has 0 saturated carbocycles. The maximum Gasteiger partial charge on any atom is 0.235 e. The summed E-state index contributed by atoms with van der Waals surface area (Å²) in [5, 5.41) is 22.7. The molecule has 36 heavy (non-hydrogen) atoms. The van der Waals surface area contributed by atoms with Gasteiger partial charge in [-0.3, -0.25) is 9.59 Å². The van der Waals surface area contributed by atoms with Crippen LogP contribution in [-0.4, -0.2) is 61.5 Å². The van der Waals surface area contributed by atoms with Crippen LogP contribution in [0.2, 0.25) is 0 Å². The molecule has 3 N–H and O–H groups in total. The summed E-state index contributed by atoms with van der Waals surface area (Å²) in [6.07, 6.45) is 2.86. The molecule has 1 saturated heterocycles. The van der Waals surface area contributed by atoms with E-state index in [1.165, 1.54) is 0 Å². The van der Waals surface area contributed by atoms with Crippen LogP contribution in [-0.2, 0) is 16.0 Å². The van der Waals surface area contributed by atoms with Crippen LogP contribution in [0.3, 0.4) is 0 Å². The van der Waals surface area contributed by atoms with Crippen LogP contribution in [0, 0.1) is 22.7 Å². The fraction of sp³-hybridized carbons (Fsp3) is 0.423. The minimum atomic E-state index is -0.727. The van der Waals surface area contributed by atoms with Gasteiger partial charge in [-0.1, -0.05) is 49.0 Å². The van der Waals surface area contributed by atoms with Crippen LogP contribution < -0.4 is 16.0 Å². The van der Waals surface area contributed by atoms with Gasteiger partial charge in [-0.25, -0.2) is 4.98 Å². The number of hydrogen-bond donors (Lipinski definition) is 2. The number of amides is 2. The first kappa shape index (κ1) is 27.0. The average Bonchev–Trinajstić information content (AvgIpc) is 2.91. The van der Waals surface area contributed by atoms with Crippen molar-refractivity contribution >= 4 is 29.9 Å². The Morgan fingerprint density at radius 3 is 2.47 bits per heavy atom. The van der Waals surface area contributed by atoms with E-state index in [-0.39, 0.29) is 6.04 Å². The molecule has 0 aliphatic carbocycles. The van der Waals surface area contributed by atoms with Crippen LogP contribution >= 0.6 is 11.8 Å². The van der Waals surface area contributed by atoms with Gasteiger partial charge in [-0.15, -0.1) is 0 Å². The largest absolute Gasteiger partial charge is 0.368 e. The number of primary amides is 1. The number of hydrogen-bond acceptors (Lipinski definition) is 8. The Morgan fingerprint density at radius 1 is 1.28 bits per heavy atom. The maximum absolute atomic E-state index is 12.4. The van der Waals surface area contributed by atoms with Crippen molar-refractivity contribution in [1.82, 2.24) is 15.2 Å². The van der Waals surface area contributed by atoms with Crippen molar-refractivity contribution in [2.45, 2.75) is 42.5 Å². The fourth-order valence-corrected chi connectivity index (χ4v) is 5.56. The number of nitrogens with one attached hydrogen (secondary N) is 1. The van der Waals surface area contributed by atoms with Crippen molar-refractivity contribution in [3.05, 3.63) is 52.6 Å². The van der Waals surface area contributed by atoms with Gasteiger partial charge in [0, 0.05) is 32.2 Å². The lowest BCUT2D eigenvalue weighted by atomic mass is 9.99. The summed E-state index contributed by atoms with van der Waals surface area (Å²) in [6, 6.07) is 13.7. The number of carbonyl (C=O) groups excluding carboxylic acids is 2. The van der Waals surface area contributed by atoms with Gasteiger partial charge in [0.05, 0.1) is 11.1 Å². The van der Waals surface area contributed by atoms with Gasteiger partial charge < -0.3 is 20.9 Å². The molecule has 1 atom stereocenters. The van der Waals surface area contributed by atoms with Gasteiger partial charge in [0.2, 0.25) is 12.3 Å². The zero-order chi connectivity index (χ0) is 26.1. The molecule has 0 bridgehead atoms. The molecule has 2 amide bonds. The number of likely N-dealkylation sites (N-methyl/N-ethyl adjacent to an activating group) is 1. The van der Waals surface area contributed by atoms with Gasteiger partial charge in [0.25, 0.3) is 0 Å². The minimum Gasteiger partial charge on any atom is -0.368 e. The Labute approximate surface area is 216 Å². The molecule has 10 heteroatoms. The molecular weight excluding hydrogens is 474 g/mol. The highest BCUT2D eigenvalue weighted by Gasteiger charge is 2.30. The molecule has 1 aromatic heterocycles. The first-order valence-corrected chi connectivity index (χ1v) is 12.8. The smallest absolute Gasteiger partial charge is 0.235 e. The molecule has 0 spiro atoms. The number of nitrogens with zero attached hydrogens (tertiary/aromatic N) is 5. The average molecular weight is 506 g/mol. The molecule has 188 valence electrons. The lowest BCUT2D eigenvalue weighted by Gasteiger charge is -2.38. The monoisotopic (exact) mass is 505 g/mol. The van der Waals surface area contributed by atoms with Crippen molar-refractivity contribution in [3.8, 4) is 12.1 Å². The molecule has 1 aromatic carbocycles. The number of nitrogens with two attached hydrogens (primary N) is 1. The third-order valence-corrected chi connectivity index (χ3v) is 7.66. The second-order valence-corrected chi connectivity index (χ2v) is 9.62. The summed E-state index contributed by atoms with van der Waals surface area (Å²) in [5.74, 6) is -0.0179. The number of benzene rings is 1. The second-order valence-electron chi connectivity index (χ2n) is 8.52. The van der Waals surface area contributed by atoms with Gasteiger partial charge in [0.1, 0.15) is 28.2 Å². The third kappa shape index (κ3) is 5.96. The van der Waals surface area contributed by atoms with Crippen molar-refractivity contribution in [3.63, 3.8) is 0 Å². The van der Waals surface area contributed by atoms with Gasteiger partial charge in [-0.05, 0) is 37.4 Å². The van der Waals surface area contributed by atoms with Crippen molar-refractivity contribution < 1.29 is 9.59 Å². The van der Waals surface area contributed by atoms with Crippen molar-refractivity contribution in [2.75, 3.05) is 38.1 Å². The summed E-state index contributed by atoms with van der Waals surface area (Å²) in [6.45, 7) is 4.49. The quantitative estimate of drug-likeness (QED) is 0.350. The Hall–Kier alpha value is -3.60. The summed E-state index contributed by atoms with van der Waals surface area (Å²) in [7, 11) is 1.85. The summed E-state index contributed by atoms with van der Waals surface area (Å²) >= 11 is 1.14. The Morgan fingerprint density at radius 2 is 1.94 bits per heavy atom. The molecule has 2 aromatic rings. The van der Waals surface area contributed by atoms with Gasteiger partial charge >= 0.3 is 0 Å². The molecule has 0 radical (unpaired) electrons. The number of anilines is 1. The lowest BCUT2D eigenvalue weighted by Crippen LogP contribution is -2.46. The summed E-state index contributed by atoms with van der Waals surface area (Å²) in [4.78, 5) is 32.6. The van der Waals surface area contributed by atoms with E-state index in [4.69, 9.17) is 10.7 Å². The minimum absolute atomic E-state index is 0.118. The summed E-state index contributed by atoms with van der Waals surface area (Å²) < 4.78 is 0. The van der Waals surface area contributed by atoms with Crippen LogP contribution in [0.1, 0.15) is 47.3 Å². The van der Waals surface area contributed by atoms with Gasteiger partial charge in [0.15, 0.2) is 0 Å². The van der Waals surface area contributed by atoms with Crippen molar-refractivity contribution in [2.24, 2.45) is 5.73 Å². The summed E-state index contributed by atoms with van der Waals surface area (Å²) in [5.41, 5.74) is 7.77. The normalized spacial score (nSPS) is 14.5. The molecule has 1 unspecified atom stereocenters. The molecule has 1 fully saturated rings. The van der Waals surface area contributed by atoms with E-state index < -0.39 is 11.2 Å². The first-order chi connectivity index (χ1) is 17.5. The number of carbonyl (C=O) groups is 2. The highest BCUT2D eigenvalue weighted by molar-refractivity contribution is 8.00. The number of rotatable bonds is 11. The Bertz CT molecular complexity index is 1150. The number of aromatic nitrogens is 1. The Kier molecular flexibility index (Phi) is 9.69. The fourth-order valence-electron chi connectivity index (χ4n) is 4.50. The number of pyridine rings is 1. The number of piperidine rings is 1. The van der Waals surface area contributed by atoms with Crippen molar-refractivity contribution in [1.29, 1.82) is 10.5 Å². The van der Waals surface area contributed by atoms with E-state index in [0.717, 1.165) is 43.1 Å². The predicted molar refractivity (Wildman–Crippen MR) is 139 cm³/mol. The van der Waals surface area contributed by atoms with E-state index in [2.05, 4.69) is 17.5 Å². The number of nitriles is 2. The van der Waals surface area contributed by atoms with E-state index >= 15 is 0 Å². The van der Waals surface area contributed by atoms with Crippen LogP contribution in [0.15, 0.2) is 35.4 Å². The zero-order valence-corrected chi connectivity index (χ0v) is 21.4. The SMILES string of the molecule is CCc1c(C#N)c(SC(C(N)=O)c2ccccc2)nc(N2CCC(N(C=O)CCNC)CC2)c1C#N. The highest BCUT2D eigenvalue weighted by Crippen LogP contribution is 2.40. The van der Waals surface area contributed by atoms with E-state index in [0.29, 0.717) is 53.6 Å². The van der Waals surface area contributed by atoms with Gasteiger partial charge in [-0.2, -0.15) is 10.5 Å². The van der Waals surface area contributed by atoms with E-state index in [1.54, 1.807) is 0 Å². The van der Waals surface area contributed by atoms with Crippen LogP contribution in [0.5, 0.6) is 0 Å². The van der Waals surface area contributed by atoms with Crippen LogP contribution in [0.4, 0.5) is 5.82 Å². The zero-order valence-electron chi connectivity index (χ0n) is 20.6. The molecule has 1 aliphatic rings. The standard InChI is InChI=1S/C26H31N7O2S/c1-3-20-21(15-27)25(32-12-9-19(10-13-32)33(17-34)14-11-30-2)31-26(22(20)16-28)36-23(24(29)35)18-7-5-4-6-8-18/h4-8,17,19,23,30H,3,9-14H2,1-2H3,(H2,29,35). The predicted octanol–water partition coefficient (Wildman–Crippen LogP) is 2.35. The molecular formula is C26H31N7O2S. The highest BCUT2D eigenvalue weighted by atomic mass is 32.2. The molecule has 9 nitrogen and oxygen atoms in total. The maximum atomic E-state index is 12.4. The lowest BCUT2D eigenvalue weighted by molar-refractivity contribution is -0.120. The first-order valence-electron chi connectivity index (χ1n) is 12.0. The Balaban J connectivity index is 1.96. The molecule has 1 aliphatic heterocycles. The topological polar surface area (TPSA) is 139 Å². The third-order valence-electron chi connectivity index (χ3n) is 6.40. The van der Waals surface area contributed by atoms with Crippen LogP contribution in [0.25, 0.3) is 0 Å². The van der Waals surface area contributed by atoms with E-state index in [9.17, 15) is 20.1 Å². The molecule has 3 rings (SSSR count). The van der Waals surface area contributed by atoms with E-state index in [1.807, 2.05) is 54.1 Å². The molecule has 2 heterocycles.